The largest absolute Gasteiger partial charge is 0.452 e. The number of fused-ring (bicyclic) bond motifs is 3. The van der Waals surface area contributed by atoms with Crippen LogP contribution >= 0.6 is 0 Å². The van der Waals surface area contributed by atoms with Crippen LogP contribution in [0.2, 0.25) is 0 Å². The Balaban J connectivity index is 1.50. The Morgan fingerprint density at radius 3 is 2.74 bits per heavy atom. The van der Waals surface area contributed by atoms with E-state index >= 15 is 0 Å². The third-order valence-corrected chi connectivity index (χ3v) is 5.75. The predicted molar refractivity (Wildman–Crippen MR) is 119 cm³/mol. The average molecular weight is 419 g/mol. The van der Waals surface area contributed by atoms with Gasteiger partial charge in [-0.3, -0.25) is 19.1 Å². The summed E-state index contributed by atoms with van der Waals surface area (Å²) in [6.45, 7) is 0.450. The Hall–Kier alpha value is -3.61. The molecule has 0 spiro atoms. The normalized spacial score (nSPS) is 13.0. The quantitative estimate of drug-likeness (QED) is 0.682. The summed E-state index contributed by atoms with van der Waals surface area (Å²) in [6, 6.07) is 14.8. The Morgan fingerprint density at radius 1 is 1.13 bits per heavy atom. The minimum Gasteiger partial charge on any atom is -0.452 e. The fourth-order valence-corrected chi connectivity index (χ4v) is 4.21. The molecule has 1 aliphatic rings. The number of carbonyl (C=O) groups is 3. The number of benzene rings is 2. The van der Waals surface area contributed by atoms with Crippen LogP contribution in [0.3, 0.4) is 0 Å². The summed E-state index contributed by atoms with van der Waals surface area (Å²) in [6.07, 6.45) is 2.43. The molecule has 1 aromatic heterocycles. The smallest absolute Gasteiger partial charge is 0.413 e. The molecular formula is C24H25N3O4. The van der Waals surface area contributed by atoms with E-state index in [2.05, 4.69) is 5.32 Å². The van der Waals surface area contributed by atoms with Gasteiger partial charge in [0.1, 0.15) is 0 Å². The van der Waals surface area contributed by atoms with Gasteiger partial charge in [0.15, 0.2) is 0 Å². The highest BCUT2D eigenvalue weighted by Crippen LogP contribution is 2.31. The van der Waals surface area contributed by atoms with Crippen molar-refractivity contribution in [2.24, 2.45) is 0 Å². The van der Waals surface area contributed by atoms with Crippen molar-refractivity contribution < 1.29 is 19.1 Å². The van der Waals surface area contributed by atoms with Crippen molar-refractivity contribution in [1.82, 2.24) is 9.88 Å². The number of hydrogen-bond acceptors (Lipinski definition) is 4. The van der Waals surface area contributed by atoms with Gasteiger partial charge >= 0.3 is 6.09 Å². The van der Waals surface area contributed by atoms with E-state index in [9.17, 15) is 14.4 Å². The Kier molecular flexibility index (Phi) is 5.75. The molecule has 31 heavy (non-hydrogen) atoms. The Morgan fingerprint density at radius 2 is 1.94 bits per heavy atom. The minimum atomic E-state index is -0.502. The molecule has 0 fully saturated rings. The van der Waals surface area contributed by atoms with Gasteiger partial charge < -0.3 is 10.1 Å². The molecule has 1 aliphatic heterocycles. The molecule has 0 aliphatic carbocycles. The topological polar surface area (TPSA) is 80.6 Å². The number of para-hydroxylation sites is 1. The second kappa shape index (κ2) is 8.63. The van der Waals surface area contributed by atoms with Gasteiger partial charge in [0.25, 0.3) is 5.91 Å². The summed E-state index contributed by atoms with van der Waals surface area (Å²) in [7, 11) is 2.90. The van der Waals surface area contributed by atoms with Gasteiger partial charge in [-0.05, 0) is 49.1 Å². The first-order valence-corrected chi connectivity index (χ1v) is 10.4. The standard InChI is InChI=1S/C24H25N3O4/c1-26(24(30)31-2)17-8-5-7-16(15-17)23(29)25-14-13-19-18-9-3-4-10-20(18)27-21(19)11-6-12-22(27)28/h3-5,7-10,15H,6,11-14H2,1-2H3,(H,25,29). The third kappa shape index (κ3) is 3.91. The molecule has 3 aromatic rings. The van der Waals surface area contributed by atoms with Gasteiger partial charge in [-0.1, -0.05) is 24.3 Å². The molecule has 0 unspecified atom stereocenters. The van der Waals surface area contributed by atoms with Crippen LogP contribution in [-0.4, -0.2) is 43.2 Å². The first-order chi connectivity index (χ1) is 15.0. The lowest BCUT2D eigenvalue weighted by atomic mass is 10.0. The summed E-state index contributed by atoms with van der Waals surface area (Å²) in [5.41, 5.74) is 4.18. The van der Waals surface area contributed by atoms with Crippen molar-refractivity contribution in [3.8, 4) is 0 Å². The van der Waals surface area contributed by atoms with Crippen LogP contribution in [0.5, 0.6) is 0 Å². The van der Waals surface area contributed by atoms with Crippen LogP contribution in [0.25, 0.3) is 10.9 Å². The van der Waals surface area contributed by atoms with Gasteiger partial charge in [-0.25, -0.2) is 4.79 Å². The second-order valence-corrected chi connectivity index (χ2v) is 7.61. The fraction of sp³-hybridized carbons (Fsp3) is 0.292. The maximum absolute atomic E-state index is 12.7. The molecule has 2 amide bonds. The highest BCUT2D eigenvalue weighted by Gasteiger charge is 2.24. The monoisotopic (exact) mass is 419 g/mol. The number of rotatable bonds is 5. The maximum atomic E-state index is 12.7. The second-order valence-electron chi connectivity index (χ2n) is 7.61. The van der Waals surface area contributed by atoms with E-state index in [-0.39, 0.29) is 11.8 Å². The molecule has 0 bridgehead atoms. The molecule has 0 radical (unpaired) electrons. The van der Waals surface area contributed by atoms with E-state index in [0.717, 1.165) is 35.0 Å². The van der Waals surface area contributed by atoms with Gasteiger partial charge in [-0.2, -0.15) is 0 Å². The molecule has 0 atom stereocenters. The van der Waals surface area contributed by atoms with E-state index in [1.807, 2.05) is 28.8 Å². The number of aromatic nitrogens is 1. The Bertz CT molecular complexity index is 1160. The lowest BCUT2D eigenvalue weighted by Gasteiger charge is -2.17. The van der Waals surface area contributed by atoms with E-state index in [4.69, 9.17) is 4.74 Å². The van der Waals surface area contributed by atoms with Gasteiger partial charge in [0, 0.05) is 42.3 Å². The number of methoxy groups -OCH3 is 1. The minimum absolute atomic E-state index is 0.138. The van der Waals surface area contributed by atoms with Crippen molar-refractivity contribution >= 4 is 34.5 Å². The highest BCUT2D eigenvalue weighted by molar-refractivity contribution is 5.98. The van der Waals surface area contributed by atoms with E-state index < -0.39 is 6.09 Å². The van der Waals surface area contributed by atoms with Gasteiger partial charge in [0.2, 0.25) is 5.91 Å². The van der Waals surface area contributed by atoms with E-state index in [0.29, 0.717) is 30.6 Å². The maximum Gasteiger partial charge on any atom is 0.413 e. The molecule has 160 valence electrons. The number of hydrogen-bond donors (Lipinski definition) is 1. The lowest BCUT2D eigenvalue weighted by molar-refractivity contribution is 0.0887. The van der Waals surface area contributed by atoms with Crippen LogP contribution in [0.1, 0.15) is 39.3 Å². The fourth-order valence-electron chi connectivity index (χ4n) is 4.21. The van der Waals surface area contributed by atoms with Crippen molar-refractivity contribution in [2.45, 2.75) is 25.7 Å². The zero-order valence-corrected chi connectivity index (χ0v) is 17.7. The number of amides is 2. The molecular weight excluding hydrogens is 394 g/mol. The summed E-state index contributed by atoms with van der Waals surface area (Å²) < 4.78 is 6.57. The number of nitrogens with one attached hydrogen (secondary N) is 1. The molecule has 7 nitrogen and oxygen atoms in total. The average Bonchev–Trinajstić information content (AvgIpc) is 3.13. The van der Waals surface area contributed by atoms with E-state index in [1.54, 1.807) is 31.3 Å². The number of nitrogens with zero attached hydrogens (tertiary/aromatic N) is 2. The number of carbonyl (C=O) groups excluding carboxylic acids is 3. The summed E-state index contributed by atoms with van der Waals surface area (Å²) in [4.78, 5) is 38.2. The first-order valence-electron chi connectivity index (χ1n) is 10.4. The zero-order valence-electron chi connectivity index (χ0n) is 17.7. The number of ether oxygens (including phenoxy) is 1. The van der Waals surface area contributed by atoms with Crippen molar-refractivity contribution in [1.29, 1.82) is 0 Å². The van der Waals surface area contributed by atoms with Gasteiger partial charge in [0.05, 0.1) is 12.6 Å². The van der Waals surface area contributed by atoms with E-state index in [1.165, 1.54) is 12.0 Å². The van der Waals surface area contributed by atoms with Crippen molar-refractivity contribution in [3.63, 3.8) is 0 Å². The number of anilines is 1. The Labute approximate surface area is 180 Å². The molecule has 7 heteroatoms. The van der Waals surface area contributed by atoms with Crippen LogP contribution in [0, 0.1) is 0 Å². The molecule has 4 rings (SSSR count). The van der Waals surface area contributed by atoms with Crippen LogP contribution in [0.4, 0.5) is 10.5 Å². The molecule has 0 saturated heterocycles. The lowest BCUT2D eigenvalue weighted by Crippen LogP contribution is -2.28. The van der Waals surface area contributed by atoms with Crippen LogP contribution < -0.4 is 10.2 Å². The molecule has 0 saturated carbocycles. The summed E-state index contributed by atoms with van der Waals surface area (Å²) >= 11 is 0. The molecule has 2 heterocycles. The van der Waals surface area contributed by atoms with Crippen LogP contribution in [0.15, 0.2) is 48.5 Å². The summed E-state index contributed by atoms with van der Waals surface area (Å²) in [5, 5.41) is 4.03. The van der Waals surface area contributed by atoms with Crippen LogP contribution in [-0.2, 0) is 17.6 Å². The first kappa shape index (κ1) is 20.7. The SMILES string of the molecule is COC(=O)N(C)c1cccc(C(=O)NCCc2c3n(c4ccccc24)C(=O)CCC3)c1. The third-order valence-electron chi connectivity index (χ3n) is 5.75. The van der Waals surface area contributed by atoms with Gasteiger partial charge in [-0.15, -0.1) is 0 Å². The highest BCUT2D eigenvalue weighted by atomic mass is 16.5. The zero-order chi connectivity index (χ0) is 22.0. The van der Waals surface area contributed by atoms with Crippen molar-refractivity contribution in [2.75, 3.05) is 25.6 Å². The molecule has 2 aromatic carbocycles. The summed E-state index contributed by atoms with van der Waals surface area (Å²) in [5.74, 6) is -0.0761. The van der Waals surface area contributed by atoms with Crippen molar-refractivity contribution in [3.05, 3.63) is 65.4 Å². The predicted octanol–water partition coefficient (Wildman–Crippen LogP) is 3.79. The molecule has 1 N–H and O–H groups in total.